The molecule has 1 atom stereocenters. The number of pyridine rings is 1. The van der Waals surface area contributed by atoms with Crippen molar-refractivity contribution in [3.8, 4) is 0 Å². The van der Waals surface area contributed by atoms with Gasteiger partial charge in [0.25, 0.3) is 0 Å². The number of nitrogens with zero attached hydrogens (tertiary/aromatic N) is 1. The third-order valence-electron chi connectivity index (χ3n) is 2.51. The molecule has 1 aromatic heterocycles. The van der Waals surface area contributed by atoms with E-state index in [2.05, 4.69) is 4.98 Å². The molecule has 3 nitrogen and oxygen atoms in total. The minimum absolute atomic E-state index is 0.0140. The van der Waals surface area contributed by atoms with Crippen molar-refractivity contribution in [3.63, 3.8) is 0 Å². The fraction of sp³-hybridized carbons (Fsp3) is 0.455. The van der Waals surface area contributed by atoms with Gasteiger partial charge in [-0.15, -0.1) is 0 Å². The van der Waals surface area contributed by atoms with Crippen LogP contribution >= 0.6 is 0 Å². The Morgan fingerprint density at radius 1 is 1.64 bits per heavy atom. The molecule has 0 saturated carbocycles. The monoisotopic (exact) mass is 191 g/mol. The largest absolute Gasteiger partial charge is 0.466 e. The molecule has 0 bridgehead atoms. The van der Waals surface area contributed by atoms with Gasteiger partial charge >= 0.3 is 5.97 Å². The zero-order chi connectivity index (χ0) is 9.97. The quantitative estimate of drug-likeness (QED) is 0.662. The lowest BCUT2D eigenvalue weighted by Crippen LogP contribution is -2.17. The summed E-state index contributed by atoms with van der Waals surface area (Å²) in [5.74, 6) is -0.106. The summed E-state index contributed by atoms with van der Waals surface area (Å²) in [5, 5.41) is 0. The number of carbonyl (C=O) groups is 1. The van der Waals surface area contributed by atoms with Crippen LogP contribution in [-0.4, -0.2) is 17.6 Å². The summed E-state index contributed by atoms with van der Waals surface area (Å²) in [4.78, 5) is 15.7. The second kappa shape index (κ2) is 3.78. The van der Waals surface area contributed by atoms with E-state index in [1.807, 2.05) is 19.1 Å². The number of fused-ring (bicyclic) bond motifs is 1. The minimum Gasteiger partial charge on any atom is -0.466 e. The van der Waals surface area contributed by atoms with Crippen molar-refractivity contribution in [2.24, 2.45) is 5.92 Å². The average molecular weight is 191 g/mol. The van der Waals surface area contributed by atoms with E-state index in [-0.39, 0.29) is 11.9 Å². The molecule has 0 amide bonds. The van der Waals surface area contributed by atoms with Crippen LogP contribution in [-0.2, 0) is 22.4 Å². The molecule has 0 aliphatic heterocycles. The molecule has 1 heterocycles. The first kappa shape index (κ1) is 9.19. The van der Waals surface area contributed by atoms with Crippen LogP contribution in [0.15, 0.2) is 18.3 Å². The molecule has 1 aliphatic carbocycles. The van der Waals surface area contributed by atoms with Gasteiger partial charge in [-0.3, -0.25) is 9.78 Å². The van der Waals surface area contributed by atoms with E-state index in [9.17, 15) is 4.79 Å². The summed E-state index contributed by atoms with van der Waals surface area (Å²) < 4.78 is 4.99. The number of hydrogen-bond donors (Lipinski definition) is 0. The summed E-state index contributed by atoms with van der Waals surface area (Å²) in [7, 11) is 0. The van der Waals surface area contributed by atoms with E-state index in [0.717, 1.165) is 18.5 Å². The standard InChI is InChI=1S/C11H13NO2/c1-2-14-11(13)9-6-8-4-3-5-12-10(8)7-9/h3-5,9H,2,6-7H2,1H3. The second-order valence-electron chi connectivity index (χ2n) is 3.47. The molecular formula is C11H13NO2. The zero-order valence-electron chi connectivity index (χ0n) is 8.19. The molecule has 3 heteroatoms. The Kier molecular flexibility index (Phi) is 2.48. The van der Waals surface area contributed by atoms with E-state index in [4.69, 9.17) is 4.74 Å². The van der Waals surface area contributed by atoms with Gasteiger partial charge in [0.05, 0.1) is 12.5 Å². The highest BCUT2D eigenvalue weighted by Crippen LogP contribution is 2.25. The van der Waals surface area contributed by atoms with Gasteiger partial charge in [-0.25, -0.2) is 0 Å². The lowest BCUT2D eigenvalue weighted by Gasteiger charge is -2.06. The lowest BCUT2D eigenvalue weighted by atomic mass is 10.1. The summed E-state index contributed by atoms with van der Waals surface area (Å²) in [6, 6.07) is 3.94. The average Bonchev–Trinajstić information content (AvgIpc) is 2.61. The first-order valence-corrected chi connectivity index (χ1v) is 4.90. The summed E-state index contributed by atoms with van der Waals surface area (Å²) in [5.41, 5.74) is 2.23. The molecule has 74 valence electrons. The van der Waals surface area contributed by atoms with Gasteiger partial charge in [0, 0.05) is 18.3 Å². The van der Waals surface area contributed by atoms with Crippen LogP contribution in [0.1, 0.15) is 18.2 Å². The Balaban J connectivity index is 2.08. The van der Waals surface area contributed by atoms with Crippen LogP contribution in [0.5, 0.6) is 0 Å². The SMILES string of the molecule is CCOC(=O)C1Cc2cccnc2C1. The Morgan fingerprint density at radius 3 is 3.21 bits per heavy atom. The van der Waals surface area contributed by atoms with E-state index >= 15 is 0 Å². The molecule has 0 fully saturated rings. The molecule has 0 radical (unpaired) electrons. The van der Waals surface area contributed by atoms with Gasteiger partial charge in [-0.2, -0.15) is 0 Å². The predicted molar refractivity (Wildman–Crippen MR) is 51.8 cm³/mol. The molecule has 2 rings (SSSR count). The molecule has 0 spiro atoms. The maximum Gasteiger partial charge on any atom is 0.309 e. The fourth-order valence-corrected chi connectivity index (χ4v) is 1.84. The molecule has 0 N–H and O–H groups in total. The smallest absolute Gasteiger partial charge is 0.309 e. The van der Waals surface area contributed by atoms with Crippen molar-refractivity contribution in [2.45, 2.75) is 19.8 Å². The summed E-state index contributed by atoms with van der Waals surface area (Å²) in [6.07, 6.45) is 3.28. The molecule has 0 saturated heterocycles. The predicted octanol–water partition coefficient (Wildman–Crippen LogP) is 1.36. The zero-order valence-corrected chi connectivity index (χ0v) is 8.19. The van der Waals surface area contributed by atoms with Gasteiger partial charge in [0.2, 0.25) is 0 Å². The van der Waals surface area contributed by atoms with Crippen LogP contribution in [0.4, 0.5) is 0 Å². The third-order valence-corrected chi connectivity index (χ3v) is 2.51. The highest BCUT2D eigenvalue weighted by Gasteiger charge is 2.28. The van der Waals surface area contributed by atoms with Crippen molar-refractivity contribution in [1.82, 2.24) is 4.98 Å². The van der Waals surface area contributed by atoms with Gasteiger partial charge in [0.15, 0.2) is 0 Å². The van der Waals surface area contributed by atoms with E-state index in [0.29, 0.717) is 6.61 Å². The fourth-order valence-electron chi connectivity index (χ4n) is 1.84. The maximum absolute atomic E-state index is 11.5. The first-order valence-electron chi connectivity index (χ1n) is 4.90. The normalized spacial score (nSPS) is 19.1. The van der Waals surface area contributed by atoms with E-state index < -0.39 is 0 Å². The van der Waals surface area contributed by atoms with E-state index in [1.54, 1.807) is 6.20 Å². The van der Waals surface area contributed by atoms with Crippen LogP contribution in [0, 0.1) is 5.92 Å². The highest BCUT2D eigenvalue weighted by molar-refractivity contribution is 5.74. The van der Waals surface area contributed by atoms with Gasteiger partial charge in [0.1, 0.15) is 0 Å². The van der Waals surface area contributed by atoms with Gasteiger partial charge in [-0.1, -0.05) is 6.07 Å². The van der Waals surface area contributed by atoms with Crippen LogP contribution in [0.3, 0.4) is 0 Å². The number of rotatable bonds is 2. The Labute approximate surface area is 83.1 Å². The summed E-state index contributed by atoms with van der Waals surface area (Å²) >= 11 is 0. The number of esters is 1. The Morgan fingerprint density at radius 2 is 2.50 bits per heavy atom. The molecule has 0 aromatic carbocycles. The Hall–Kier alpha value is -1.38. The number of carbonyl (C=O) groups excluding carboxylic acids is 1. The Bertz CT molecular complexity index is 324. The van der Waals surface area contributed by atoms with Crippen molar-refractivity contribution >= 4 is 5.97 Å². The molecule has 1 aromatic rings. The molecule has 1 unspecified atom stereocenters. The number of aromatic nitrogens is 1. The van der Waals surface area contributed by atoms with Crippen molar-refractivity contribution < 1.29 is 9.53 Å². The van der Waals surface area contributed by atoms with E-state index in [1.165, 1.54) is 5.56 Å². The number of ether oxygens (including phenoxy) is 1. The first-order chi connectivity index (χ1) is 6.81. The molecule has 1 aliphatic rings. The second-order valence-corrected chi connectivity index (χ2v) is 3.47. The maximum atomic E-state index is 11.5. The summed E-state index contributed by atoms with van der Waals surface area (Å²) in [6.45, 7) is 2.29. The number of hydrogen-bond acceptors (Lipinski definition) is 3. The van der Waals surface area contributed by atoms with Crippen molar-refractivity contribution in [3.05, 3.63) is 29.6 Å². The van der Waals surface area contributed by atoms with Crippen LogP contribution < -0.4 is 0 Å². The molecule has 14 heavy (non-hydrogen) atoms. The van der Waals surface area contributed by atoms with Crippen LogP contribution in [0.25, 0.3) is 0 Å². The van der Waals surface area contributed by atoms with Gasteiger partial charge < -0.3 is 4.74 Å². The van der Waals surface area contributed by atoms with Gasteiger partial charge in [-0.05, 0) is 25.0 Å². The topological polar surface area (TPSA) is 39.2 Å². The lowest BCUT2D eigenvalue weighted by molar-refractivity contribution is -0.147. The minimum atomic E-state index is -0.0921. The van der Waals surface area contributed by atoms with Crippen molar-refractivity contribution in [1.29, 1.82) is 0 Å². The highest BCUT2D eigenvalue weighted by atomic mass is 16.5. The van der Waals surface area contributed by atoms with Crippen LogP contribution in [0.2, 0.25) is 0 Å². The molecular weight excluding hydrogens is 178 g/mol. The third kappa shape index (κ3) is 1.62. The van der Waals surface area contributed by atoms with Crippen molar-refractivity contribution in [2.75, 3.05) is 6.61 Å².